The smallest absolute Gasteiger partial charge is 0.435 e. The van der Waals surface area contributed by atoms with Crippen molar-refractivity contribution >= 4 is 5.91 Å². The molecule has 1 aliphatic carbocycles. The Balaban J connectivity index is 1.65. The summed E-state index contributed by atoms with van der Waals surface area (Å²) in [4.78, 5) is 14.0. The Labute approximate surface area is 240 Å². The van der Waals surface area contributed by atoms with Gasteiger partial charge in [-0.2, -0.15) is 18.3 Å². The molecule has 0 spiro atoms. The zero-order valence-corrected chi connectivity index (χ0v) is 23.7. The number of benzene rings is 2. The summed E-state index contributed by atoms with van der Waals surface area (Å²) in [5, 5.41) is 15.0. The number of carbonyl (C=O) groups is 1. The van der Waals surface area contributed by atoms with Crippen molar-refractivity contribution in [1.82, 2.24) is 24.2 Å². The predicted octanol–water partition coefficient (Wildman–Crippen LogP) is 5.50. The van der Waals surface area contributed by atoms with Crippen molar-refractivity contribution in [1.29, 1.82) is 5.41 Å². The van der Waals surface area contributed by atoms with Crippen molar-refractivity contribution in [3.05, 3.63) is 88.3 Å². The fourth-order valence-corrected chi connectivity index (χ4v) is 5.18. The number of alkyl halides is 3. The number of rotatable bonds is 9. The van der Waals surface area contributed by atoms with Crippen molar-refractivity contribution in [3.63, 3.8) is 0 Å². The second-order valence-corrected chi connectivity index (χ2v) is 10.7. The lowest BCUT2D eigenvalue weighted by Crippen LogP contribution is -2.31. The van der Waals surface area contributed by atoms with Crippen LogP contribution in [0.2, 0.25) is 0 Å². The average Bonchev–Trinajstić information content (AvgIpc) is 3.62. The number of aryl methyl sites for hydroxylation is 3. The Morgan fingerprint density at radius 2 is 1.90 bits per heavy atom. The van der Waals surface area contributed by atoms with Crippen LogP contribution in [0.25, 0.3) is 11.1 Å². The van der Waals surface area contributed by atoms with Crippen LogP contribution in [-0.2, 0) is 26.8 Å². The number of nitrogens with one attached hydrogen (secondary N) is 2. The molecule has 8 nitrogen and oxygen atoms in total. The molecule has 0 aliphatic heterocycles. The van der Waals surface area contributed by atoms with E-state index in [0.717, 1.165) is 23.1 Å². The first-order valence-electron chi connectivity index (χ1n) is 13.6. The molecular weight excluding hydrogens is 552 g/mol. The Kier molecular flexibility index (Phi) is 7.74. The van der Waals surface area contributed by atoms with Gasteiger partial charge in [-0.1, -0.05) is 12.1 Å². The highest BCUT2D eigenvalue weighted by atomic mass is 19.4. The topological polar surface area (TPSA) is 89.9 Å². The van der Waals surface area contributed by atoms with Gasteiger partial charge < -0.3 is 19.2 Å². The number of halogens is 4. The highest BCUT2D eigenvalue weighted by Gasteiger charge is 2.39. The molecule has 2 aromatic heterocycles. The molecule has 1 atom stereocenters. The summed E-state index contributed by atoms with van der Waals surface area (Å²) < 4.78 is 66.5. The number of hydrogen-bond acceptors (Lipinski definition) is 4. The van der Waals surface area contributed by atoms with Crippen molar-refractivity contribution in [2.24, 2.45) is 20.0 Å². The van der Waals surface area contributed by atoms with E-state index in [9.17, 15) is 22.4 Å². The minimum absolute atomic E-state index is 0.00578. The van der Waals surface area contributed by atoms with Crippen LogP contribution in [0.3, 0.4) is 0 Å². The van der Waals surface area contributed by atoms with E-state index in [1.807, 2.05) is 0 Å². The molecule has 222 valence electrons. The summed E-state index contributed by atoms with van der Waals surface area (Å²) in [7, 11) is 3.11. The predicted molar refractivity (Wildman–Crippen MR) is 147 cm³/mol. The highest BCUT2D eigenvalue weighted by molar-refractivity contribution is 6.00. The van der Waals surface area contributed by atoms with Gasteiger partial charge in [0.2, 0.25) is 5.62 Å². The molecule has 12 heteroatoms. The molecule has 4 aromatic rings. The minimum atomic E-state index is -4.75. The van der Waals surface area contributed by atoms with Crippen LogP contribution in [0.1, 0.15) is 58.5 Å². The maximum absolute atomic E-state index is 14.1. The number of aromatic nitrogens is 4. The first-order chi connectivity index (χ1) is 19.9. The summed E-state index contributed by atoms with van der Waals surface area (Å²) in [6.45, 7) is 3.57. The number of ether oxygens (including phenoxy) is 1. The van der Waals surface area contributed by atoms with Gasteiger partial charge in [0.1, 0.15) is 11.6 Å². The van der Waals surface area contributed by atoms with Gasteiger partial charge in [-0.05, 0) is 67.5 Å². The number of imidazole rings is 1. The van der Waals surface area contributed by atoms with Crippen LogP contribution >= 0.6 is 0 Å². The van der Waals surface area contributed by atoms with Crippen LogP contribution in [0.5, 0.6) is 5.75 Å². The molecular formula is C30H32F4N6O2. The molecule has 2 heterocycles. The molecule has 2 aromatic carbocycles. The lowest BCUT2D eigenvalue weighted by molar-refractivity contribution is -0.140. The Bertz CT molecular complexity index is 1700. The second-order valence-electron chi connectivity index (χ2n) is 10.7. The molecule has 42 heavy (non-hydrogen) atoms. The molecule has 2 N–H and O–H groups in total. The molecule has 0 unspecified atom stereocenters. The van der Waals surface area contributed by atoms with Gasteiger partial charge in [0.05, 0.1) is 24.8 Å². The fraction of sp³-hybridized carbons (Fsp3) is 0.367. The van der Waals surface area contributed by atoms with Crippen LogP contribution in [0.15, 0.2) is 48.9 Å². The summed E-state index contributed by atoms with van der Waals surface area (Å²) in [6.07, 6.45) is 1.65. The highest BCUT2D eigenvalue weighted by Crippen LogP contribution is 2.44. The van der Waals surface area contributed by atoms with Gasteiger partial charge in [0.15, 0.2) is 5.69 Å². The lowest BCUT2D eigenvalue weighted by atomic mass is 9.96. The van der Waals surface area contributed by atoms with Gasteiger partial charge >= 0.3 is 6.18 Å². The van der Waals surface area contributed by atoms with Crippen molar-refractivity contribution < 1.29 is 27.1 Å². The maximum Gasteiger partial charge on any atom is 0.435 e. The van der Waals surface area contributed by atoms with E-state index in [2.05, 4.69) is 10.4 Å². The standard InChI is InChI=1S/C30H32F4N6O2/c1-5-42-26-21(23-16-39(4)37-27(23)30(32,33)34)13-18(15-40-11-10-38(3)29(40)35)14-22(26)28(41)36-25(19-6-7-19)20-8-9-24(31)17(2)12-20/h8-14,16,19,25,35H,5-7,15H2,1-4H3,(H,36,41)/t25-/m0/s1. The van der Waals surface area contributed by atoms with Crippen molar-refractivity contribution in [2.75, 3.05) is 6.61 Å². The Hall–Kier alpha value is -4.35. The third-order valence-corrected chi connectivity index (χ3v) is 7.42. The lowest BCUT2D eigenvalue weighted by Gasteiger charge is -2.22. The quantitative estimate of drug-likeness (QED) is 0.255. The van der Waals surface area contributed by atoms with Crippen molar-refractivity contribution in [3.8, 4) is 16.9 Å². The van der Waals surface area contributed by atoms with E-state index >= 15 is 0 Å². The SMILES string of the molecule is CCOc1c(C(=O)N[C@H](c2ccc(F)c(C)c2)C2CC2)cc(Cn2ccn(C)c2=N)cc1-c1cn(C)nc1C(F)(F)F. The summed E-state index contributed by atoms with van der Waals surface area (Å²) in [6, 6.07) is 7.45. The first kappa shape index (κ1) is 29.2. The van der Waals surface area contributed by atoms with Gasteiger partial charge in [0, 0.05) is 43.8 Å². The van der Waals surface area contributed by atoms with Crippen LogP contribution in [-0.4, -0.2) is 31.4 Å². The van der Waals surface area contributed by atoms with E-state index in [-0.39, 0.29) is 52.9 Å². The van der Waals surface area contributed by atoms with Gasteiger partial charge in [-0.25, -0.2) is 4.39 Å². The van der Waals surface area contributed by atoms with Crippen LogP contribution < -0.4 is 15.7 Å². The van der Waals surface area contributed by atoms with Crippen LogP contribution in [0.4, 0.5) is 17.6 Å². The minimum Gasteiger partial charge on any atom is -0.492 e. The zero-order valence-electron chi connectivity index (χ0n) is 23.7. The van der Waals surface area contributed by atoms with Gasteiger partial charge in [-0.3, -0.25) is 14.9 Å². The molecule has 1 amide bonds. The van der Waals surface area contributed by atoms with E-state index < -0.39 is 23.8 Å². The van der Waals surface area contributed by atoms with Gasteiger partial charge in [0.25, 0.3) is 5.91 Å². The van der Waals surface area contributed by atoms with Gasteiger partial charge in [-0.15, -0.1) is 0 Å². The fourth-order valence-electron chi connectivity index (χ4n) is 5.18. The Morgan fingerprint density at radius 1 is 1.17 bits per heavy atom. The van der Waals surface area contributed by atoms with Crippen molar-refractivity contribution in [2.45, 2.75) is 45.5 Å². The zero-order chi connectivity index (χ0) is 30.3. The summed E-state index contributed by atoms with van der Waals surface area (Å²) in [5.74, 6) is -0.717. The third kappa shape index (κ3) is 5.83. The molecule has 5 rings (SSSR count). The number of nitrogens with zero attached hydrogens (tertiary/aromatic N) is 4. The average molecular weight is 585 g/mol. The van der Waals surface area contributed by atoms with E-state index in [0.29, 0.717) is 11.1 Å². The second kappa shape index (κ2) is 11.1. The molecule has 1 fully saturated rings. The van der Waals surface area contributed by atoms with E-state index in [1.54, 1.807) is 66.7 Å². The van der Waals surface area contributed by atoms with E-state index in [1.165, 1.54) is 19.3 Å². The summed E-state index contributed by atoms with van der Waals surface area (Å²) >= 11 is 0. The first-order valence-corrected chi connectivity index (χ1v) is 13.6. The number of hydrogen-bond donors (Lipinski definition) is 2. The normalized spacial score (nSPS) is 14.2. The monoisotopic (exact) mass is 584 g/mol. The number of carbonyl (C=O) groups excluding carboxylic acids is 1. The number of amides is 1. The maximum atomic E-state index is 14.1. The summed E-state index contributed by atoms with van der Waals surface area (Å²) in [5.41, 5.74) is 0.702. The van der Waals surface area contributed by atoms with Crippen LogP contribution in [0, 0.1) is 24.1 Å². The molecule has 0 radical (unpaired) electrons. The van der Waals surface area contributed by atoms with E-state index in [4.69, 9.17) is 10.1 Å². The molecule has 1 aliphatic rings. The molecule has 1 saturated carbocycles. The Morgan fingerprint density at radius 3 is 2.50 bits per heavy atom. The molecule has 0 saturated heterocycles. The third-order valence-electron chi connectivity index (χ3n) is 7.42. The molecule has 0 bridgehead atoms. The largest absolute Gasteiger partial charge is 0.492 e.